The Morgan fingerprint density at radius 3 is 2.48 bits per heavy atom. The zero-order valence-electron chi connectivity index (χ0n) is 14.5. The lowest BCUT2D eigenvalue weighted by Crippen LogP contribution is -2.49. The highest BCUT2D eigenvalue weighted by Gasteiger charge is 2.54. The molecule has 4 heteroatoms. The van der Waals surface area contributed by atoms with Gasteiger partial charge in [0.15, 0.2) is 4.80 Å². The summed E-state index contributed by atoms with van der Waals surface area (Å²) >= 11 is 1.62. The monoisotopic (exact) mass is 352 g/mol. The molecule has 6 rings (SSSR count). The van der Waals surface area contributed by atoms with Gasteiger partial charge in [0, 0.05) is 6.54 Å². The summed E-state index contributed by atoms with van der Waals surface area (Å²) in [6.07, 6.45) is 9.17. The molecule has 0 atom stereocenters. The quantitative estimate of drug-likeness (QED) is 0.747. The number of benzene rings is 1. The van der Waals surface area contributed by atoms with Crippen molar-refractivity contribution in [1.82, 2.24) is 4.57 Å². The molecule has 4 fully saturated rings. The molecular formula is C21H24N2OS. The number of carbonyl (C=O) groups excluding carboxylic acids is 1. The third-order valence-electron chi connectivity index (χ3n) is 6.59. The van der Waals surface area contributed by atoms with Crippen LogP contribution in [-0.4, -0.2) is 10.5 Å². The predicted octanol–water partition coefficient (Wildman–Crippen LogP) is 4.53. The van der Waals surface area contributed by atoms with E-state index in [1.54, 1.807) is 11.3 Å². The topological polar surface area (TPSA) is 34.4 Å². The molecule has 4 aliphatic rings. The number of thiazole rings is 1. The third-order valence-corrected chi connectivity index (χ3v) is 7.65. The highest BCUT2D eigenvalue weighted by molar-refractivity contribution is 7.16. The molecule has 25 heavy (non-hydrogen) atoms. The van der Waals surface area contributed by atoms with E-state index in [1.807, 2.05) is 18.2 Å². The minimum absolute atomic E-state index is 0.149. The number of hydrogen-bond acceptors (Lipinski definition) is 2. The van der Waals surface area contributed by atoms with E-state index in [-0.39, 0.29) is 11.3 Å². The summed E-state index contributed by atoms with van der Waals surface area (Å²) in [5, 5.41) is 0. The first-order valence-corrected chi connectivity index (χ1v) is 10.3. The lowest BCUT2D eigenvalue weighted by Gasteiger charge is -2.55. The average Bonchev–Trinajstić information content (AvgIpc) is 2.92. The van der Waals surface area contributed by atoms with Gasteiger partial charge in [-0.05, 0) is 68.4 Å². The van der Waals surface area contributed by atoms with Gasteiger partial charge in [0.25, 0.3) is 5.91 Å². The van der Waals surface area contributed by atoms with Gasteiger partial charge in [-0.25, -0.2) is 0 Å². The van der Waals surface area contributed by atoms with Crippen molar-refractivity contribution in [2.75, 3.05) is 0 Å². The molecule has 1 aromatic heterocycles. The molecule has 4 aliphatic carbocycles. The van der Waals surface area contributed by atoms with E-state index < -0.39 is 0 Å². The molecule has 4 saturated carbocycles. The fourth-order valence-corrected chi connectivity index (χ4v) is 7.03. The summed E-state index contributed by atoms with van der Waals surface area (Å²) in [5.74, 6) is 2.46. The smallest absolute Gasteiger partial charge is 0.254 e. The van der Waals surface area contributed by atoms with Crippen LogP contribution in [0.2, 0.25) is 0 Å². The Hall–Kier alpha value is -1.68. The van der Waals surface area contributed by atoms with E-state index >= 15 is 0 Å². The lowest BCUT2D eigenvalue weighted by molar-refractivity contribution is -0.142. The Morgan fingerprint density at radius 2 is 1.84 bits per heavy atom. The summed E-state index contributed by atoms with van der Waals surface area (Å²) in [7, 11) is 0. The van der Waals surface area contributed by atoms with Crippen molar-refractivity contribution < 1.29 is 4.79 Å². The normalized spacial score (nSPS) is 33.9. The SMILES string of the molecule is C=CCn1c(=NC(=O)C23CC4CC(CC(C4)C2)C3)sc2ccccc21. The van der Waals surface area contributed by atoms with Crippen LogP contribution in [0.3, 0.4) is 0 Å². The Labute approximate surface area is 152 Å². The fourth-order valence-electron chi connectivity index (χ4n) is 5.99. The molecule has 4 bridgehead atoms. The number of aromatic nitrogens is 1. The van der Waals surface area contributed by atoms with Gasteiger partial charge in [-0.1, -0.05) is 29.5 Å². The van der Waals surface area contributed by atoms with Gasteiger partial charge in [0.05, 0.1) is 15.6 Å². The summed E-state index contributed by atoms with van der Waals surface area (Å²) in [6.45, 7) is 4.57. The van der Waals surface area contributed by atoms with Gasteiger partial charge in [-0.2, -0.15) is 4.99 Å². The molecule has 2 aromatic rings. The van der Waals surface area contributed by atoms with Crippen molar-refractivity contribution in [3.05, 3.63) is 41.7 Å². The molecular weight excluding hydrogens is 328 g/mol. The summed E-state index contributed by atoms with van der Waals surface area (Å²) in [5.41, 5.74) is 0.987. The minimum atomic E-state index is -0.156. The summed E-state index contributed by atoms with van der Waals surface area (Å²) in [6, 6.07) is 8.29. The number of allylic oxidation sites excluding steroid dienone is 1. The number of fused-ring (bicyclic) bond motifs is 1. The van der Waals surface area contributed by atoms with E-state index in [9.17, 15) is 4.79 Å². The Kier molecular flexibility index (Phi) is 3.53. The van der Waals surface area contributed by atoms with Crippen LogP contribution in [0, 0.1) is 23.2 Å². The van der Waals surface area contributed by atoms with Crippen LogP contribution >= 0.6 is 11.3 Å². The zero-order chi connectivity index (χ0) is 17.0. The van der Waals surface area contributed by atoms with Crippen molar-refractivity contribution in [3.63, 3.8) is 0 Å². The van der Waals surface area contributed by atoms with Crippen molar-refractivity contribution in [2.45, 2.75) is 45.1 Å². The molecule has 0 unspecified atom stereocenters. The van der Waals surface area contributed by atoms with Crippen LogP contribution in [0.1, 0.15) is 38.5 Å². The van der Waals surface area contributed by atoms with Gasteiger partial charge in [-0.15, -0.1) is 6.58 Å². The Bertz CT molecular complexity index is 884. The fraction of sp³-hybridized carbons (Fsp3) is 0.524. The summed E-state index contributed by atoms with van der Waals surface area (Å²) in [4.78, 5) is 18.8. The molecule has 0 aliphatic heterocycles. The standard InChI is InChI=1S/C21H24N2OS/c1-2-7-23-17-5-3-4-6-18(17)25-20(23)22-19(24)21-11-14-8-15(12-21)10-16(9-14)13-21/h2-6,14-16H,1,7-13H2. The molecule has 0 radical (unpaired) electrons. The maximum absolute atomic E-state index is 13.3. The molecule has 3 nitrogen and oxygen atoms in total. The van der Waals surface area contributed by atoms with Gasteiger partial charge < -0.3 is 4.57 Å². The first-order chi connectivity index (χ1) is 12.2. The van der Waals surface area contributed by atoms with Crippen LogP contribution in [0.4, 0.5) is 0 Å². The number of carbonyl (C=O) groups is 1. The van der Waals surface area contributed by atoms with E-state index in [2.05, 4.69) is 23.3 Å². The highest BCUT2D eigenvalue weighted by Crippen LogP contribution is 2.60. The van der Waals surface area contributed by atoms with Crippen molar-refractivity contribution in [3.8, 4) is 0 Å². The van der Waals surface area contributed by atoms with Crippen molar-refractivity contribution in [2.24, 2.45) is 28.2 Å². The minimum Gasteiger partial charge on any atom is -0.313 e. The number of nitrogens with zero attached hydrogens (tertiary/aromatic N) is 2. The average molecular weight is 353 g/mol. The maximum Gasteiger partial charge on any atom is 0.254 e. The largest absolute Gasteiger partial charge is 0.313 e. The van der Waals surface area contributed by atoms with Gasteiger partial charge in [0.2, 0.25) is 0 Å². The maximum atomic E-state index is 13.3. The first kappa shape index (κ1) is 15.6. The van der Waals surface area contributed by atoms with Crippen LogP contribution in [0.15, 0.2) is 41.9 Å². The molecule has 0 spiro atoms. The van der Waals surface area contributed by atoms with Gasteiger partial charge >= 0.3 is 0 Å². The highest BCUT2D eigenvalue weighted by atomic mass is 32.1. The number of amides is 1. The third kappa shape index (κ3) is 2.45. The lowest BCUT2D eigenvalue weighted by atomic mass is 9.49. The molecule has 0 N–H and O–H groups in total. The predicted molar refractivity (Wildman–Crippen MR) is 101 cm³/mol. The van der Waals surface area contributed by atoms with Crippen molar-refractivity contribution in [1.29, 1.82) is 0 Å². The van der Waals surface area contributed by atoms with E-state index in [0.29, 0.717) is 6.54 Å². The molecule has 1 aromatic carbocycles. The van der Waals surface area contributed by atoms with Crippen LogP contribution in [-0.2, 0) is 11.3 Å². The van der Waals surface area contributed by atoms with E-state index in [1.165, 1.54) is 24.0 Å². The van der Waals surface area contributed by atoms with E-state index in [4.69, 9.17) is 4.99 Å². The zero-order valence-corrected chi connectivity index (χ0v) is 15.3. The van der Waals surface area contributed by atoms with E-state index in [0.717, 1.165) is 47.3 Å². The van der Waals surface area contributed by atoms with Gasteiger partial charge in [0.1, 0.15) is 0 Å². The second-order valence-corrected chi connectivity index (χ2v) is 9.38. The molecule has 130 valence electrons. The van der Waals surface area contributed by atoms with Crippen LogP contribution in [0.5, 0.6) is 0 Å². The second kappa shape index (κ2) is 5.66. The first-order valence-electron chi connectivity index (χ1n) is 9.45. The Morgan fingerprint density at radius 1 is 1.20 bits per heavy atom. The molecule has 1 heterocycles. The van der Waals surface area contributed by atoms with Crippen LogP contribution < -0.4 is 4.80 Å². The summed E-state index contributed by atoms with van der Waals surface area (Å²) < 4.78 is 3.31. The molecule has 1 amide bonds. The number of rotatable bonds is 3. The Balaban J connectivity index is 1.58. The second-order valence-electron chi connectivity index (χ2n) is 8.37. The number of para-hydroxylation sites is 1. The van der Waals surface area contributed by atoms with Crippen molar-refractivity contribution >= 4 is 27.5 Å². The van der Waals surface area contributed by atoms with Gasteiger partial charge in [-0.3, -0.25) is 4.79 Å². The number of hydrogen-bond donors (Lipinski definition) is 0. The van der Waals surface area contributed by atoms with Crippen LogP contribution in [0.25, 0.3) is 10.2 Å². The molecule has 0 saturated heterocycles.